The largest absolute Gasteiger partial charge is 0.481 e. The Kier molecular flexibility index (Phi) is 13.6. The van der Waals surface area contributed by atoms with Gasteiger partial charge in [0, 0.05) is 6.92 Å². The average Bonchev–Trinajstić information content (AvgIpc) is 3.23. The average molecular weight is 940 g/mol. The molecular weight excluding hydrogens is 863 g/mol. The summed E-state index contributed by atoms with van der Waals surface area (Å²) in [7, 11) is 0. The van der Waals surface area contributed by atoms with Crippen LogP contribution in [0.25, 0.3) is 0 Å². The van der Waals surface area contributed by atoms with Gasteiger partial charge in [-0.05, 0) is 103 Å². The van der Waals surface area contributed by atoms with E-state index in [1.807, 2.05) is 0 Å². The van der Waals surface area contributed by atoms with E-state index in [1.165, 1.54) is 12.5 Å². The molecule has 0 unspecified atom stereocenters. The van der Waals surface area contributed by atoms with Crippen LogP contribution in [0.3, 0.4) is 0 Å². The standard InChI is InChI=1S/C48H77NO17/c1-22(50)49-32-36(57)35(56)27(21-63-41-38(34(55)26(52)20-62-41)66-40-37(58)33(54)25(51)19-61-40)64-39(32)65-31-12-13-45(6)28(44(31,4)5)11-14-46(7)29(45)10-9-23-24-17-43(2,3)15-16-48(24,42(59)60)30(53)18-47(23,46)8/h9,24-41,51-58H,10-21H2,1-8H3,(H,49,50)(H,59,60)/t24-,25-,26+,27-,28-,29+,30-,31+,32-,33+,34+,35-,36-,37-,38-,39+,40+,41+,45+,46-,47-,48-/m1/s1. The molecule has 3 saturated heterocycles. The number of rotatable bonds is 9. The Balaban J connectivity index is 1.00. The van der Waals surface area contributed by atoms with Gasteiger partial charge in [-0.15, -0.1) is 0 Å². The lowest BCUT2D eigenvalue weighted by Gasteiger charge is -2.71. The van der Waals surface area contributed by atoms with Crippen LogP contribution in [0.1, 0.15) is 113 Å². The van der Waals surface area contributed by atoms with Gasteiger partial charge in [0.15, 0.2) is 18.9 Å². The van der Waals surface area contributed by atoms with E-state index in [1.54, 1.807) is 0 Å². The maximum Gasteiger partial charge on any atom is 0.312 e. The number of carbonyl (C=O) groups excluding carboxylic acids is 1. The minimum Gasteiger partial charge on any atom is -0.481 e. The van der Waals surface area contributed by atoms with Gasteiger partial charge in [-0.25, -0.2) is 0 Å². The van der Waals surface area contributed by atoms with Gasteiger partial charge >= 0.3 is 5.97 Å². The third kappa shape index (κ3) is 8.02. The molecule has 18 nitrogen and oxygen atoms in total. The van der Waals surface area contributed by atoms with Crippen LogP contribution < -0.4 is 5.32 Å². The van der Waals surface area contributed by atoms with Gasteiger partial charge < -0.3 is 79.7 Å². The fraction of sp³-hybridized carbons (Fsp3) is 0.917. The van der Waals surface area contributed by atoms with Crippen molar-refractivity contribution in [2.75, 3.05) is 19.8 Å². The zero-order valence-electron chi connectivity index (χ0n) is 39.7. The molecule has 10 N–H and O–H groups in total. The molecule has 8 aliphatic rings. The number of carbonyl (C=O) groups is 2. The first kappa shape index (κ1) is 50.5. The topological polar surface area (TPSA) is 284 Å². The summed E-state index contributed by atoms with van der Waals surface area (Å²) < 4.78 is 36.0. The van der Waals surface area contributed by atoms with Crippen LogP contribution in [-0.2, 0) is 38.0 Å². The Morgan fingerprint density at radius 3 is 2.08 bits per heavy atom. The maximum absolute atomic E-state index is 13.2. The fourth-order valence-electron chi connectivity index (χ4n) is 15.0. The second-order valence-electron chi connectivity index (χ2n) is 23.5. The number of nitrogens with one attached hydrogen (secondary N) is 1. The van der Waals surface area contributed by atoms with E-state index in [9.17, 15) is 55.5 Å². The molecule has 376 valence electrons. The number of aliphatic hydroxyl groups is 8. The predicted molar refractivity (Wildman–Crippen MR) is 232 cm³/mol. The third-order valence-corrected chi connectivity index (χ3v) is 19.0. The summed E-state index contributed by atoms with van der Waals surface area (Å²) in [4.78, 5) is 25.7. The molecule has 0 bridgehead atoms. The summed E-state index contributed by atoms with van der Waals surface area (Å²) in [6.45, 7) is 16.0. The number of amides is 1. The van der Waals surface area contributed by atoms with E-state index < -0.39 is 127 Å². The minimum absolute atomic E-state index is 0.0435. The van der Waals surface area contributed by atoms with Crippen molar-refractivity contribution in [3.63, 3.8) is 0 Å². The van der Waals surface area contributed by atoms with Gasteiger partial charge in [0.05, 0.1) is 32.0 Å². The zero-order valence-corrected chi connectivity index (χ0v) is 39.7. The van der Waals surface area contributed by atoms with Gasteiger partial charge in [0.2, 0.25) is 5.91 Å². The van der Waals surface area contributed by atoms with Crippen LogP contribution in [0.15, 0.2) is 11.6 Å². The van der Waals surface area contributed by atoms with Crippen molar-refractivity contribution in [1.82, 2.24) is 5.32 Å². The van der Waals surface area contributed by atoms with E-state index >= 15 is 0 Å². The van der Waals surface area contributed by atoms with Crippen LogP contribution in [-0.4, -0.2) is 170 Å². The Labute approximate surface area is 387 Å². The number of carboxylic acids is 1. The molecule has 0 spiro atoms. The van der Waals surface area contributed by atoms with Crippen molar-refractivity contribution in [2.45, 2.75) is 205 Å². The van der Waals surface area contributed by atoms with E-state index in [0.29, 0.717) is 19.3 Å². The van der Waals surface area contributed by atoms with Crippen LogP contribution >= 0.6 is 0 Å². The summed E-state index contributed by atoms with van der Waals surface area (Å²) in [5, 5.41) is 100. The number of allylic oxidation sites excluding steroid dienone is 2. The maximum atomic E-state index is 13.2. The molecule has 22 atom stereocenters. The van der Waals surface area contributed by atoms with E-state index in [-0.39, 0.29) is 47.2 Å². The van der Waals surface area contributed by atoms with Crippen molar-refractivity contribution >= 4 is 11.9 Å². The lowest BCUT2D eigenvalue weighted by atomic mass is 9.33. The highest BCUT2D eigenvalue weighted by atomic mass is 16.8. The molecule has 0 aromatic rings. The first-order valence-corrected chi connectivity index (χ1v) is 24.2. The van der Waals surface area contributed by atoms with Gasteiger partial charge in [-0.2, -0.15) is 0 Å². The van der Waals surface area contributed by atoms with Crippen molar-refractivity contribution in [1.29, 1.82) is 0 Å². The van der Waals surface area contributed by atoms with Crippen molar-refractivity contribution in [3.05, 3.63) is 11.6 Å². The number of fused-ring (bicyclic) bond motifs is 7. The molecule has 7 fully saturated rings. The van der Waals surface area contributed by atoms with Crippen molar-refractivity contribution < 1.29 is 84.0 Å². The molecule has 4 saturated carbocycles. The summed E-state index contributed by atoms with van der Waals surface area (Å²) >= 11 is 0. The molecular formula is C48H77NO17. The highest BCUT2D eigenvalue weighted by Gasteiger charge is 2.71. The minimum atomic E-state index is -1.71. The SMILES string of the molecule is CC(=O)N[C@H]1[C@H](O[C@H]2CC[C@@]3(C)[C@H](CC[C@]4(C)[C@H]3CC=C3[C@H]5CC(C)(C)CC[C@]5(C(=O)O)[C@H](O)C[C@]34C)C2(C)C)O[C@H](CO[C@@H]2OC[C@H](O)[C@H](O)[C@H]2O[C@@H]2OC[C@@H](O)[C@H](O)[C@H]2O)[C@@H](O)[C@@H]1O. The number of hydrogen-bond acceptors (Lipinski definition) is 16. The molecule has 3 aliphatic heterocycles. The first-order chi connectivity index (χ1) is 30.7. The highest BCUT2D eigenvalue weighted by Crippen LogP contribution is 2.76. The highest BCUT2D eigenvalue weighted by molar-refractivity contribution is 5.77. The summed E-state index contributed by atoms with van der Waals surface area (Å²) in [5.74, 6) is -1.21. The van der Waals surface area contributed by atoms with Gasteiger partial charge in [-0.3, -0.25) is 9.59 Å². The Bertz CT molecular complexity index is 1850. The quantitative estimate of drug-likeness (QED) is 0.114. The Morgan fingerprint density at radius 2 is 1.41 bits per heavy atom. The van der Waals surface area contributed by atoms with Gasteiger partial charge in [-0.1, -0.05) is 60.1 Å². The number of aliphatic hydroxyl groups excluding tert-OH is 8. The van der Waals surface area contributed by atoms with Crippen molar-refractivity contribution in [3.8, 4) is 0 Å². The molecule has 18 heteroatoms. The number of aliphatic carboxylic acids is 1. The zero-order chi connectivity index (χ0) is 48.3. The molecule has 0 aromatic heterocycles. The Hall–Kier alpha value is -1.88. The first-order valence-electron chi connectivity index (χ1n) is 24.2. The molecule has 8 rings (SSSR count). The van der Waals surface area contributed by atoms with Crippen LogP contribution in [0, 0.1) is 50.2 Å². The third-order valence-electron chi connectivity index (χ3n) is 19.0. The van der Waals surface area contributed by atoms with Crippen LogP contribution in [0.5, 0.6) is 0 Å². The van der Waals surface area contributed by atoms with E-state index in [4.69, 9.17) is 28.4 Å². The normalized spacial score (nSPS) is 52.1. The van der Waals surface area contributed by atoms with Gasteiger partial charge in [0.1, 0.15) is 66.4 Å². The van der Waals surface area contributed by atoms with E-state index in [0.717, 1.165) is 38.5 Å². The smallest absolute Gasteiger partial charge is 0.312 e. The molecule has 5 aliphatic carbocycles. The lowest BCUT2D eigenvalue weighted by Crippen LogP contribution is -2.68. The predicted octanol–water partition coefficient (Wildman–Crippen LogP) is 1.10. The van der Waals surface area contributed by atoms with Crippen molar-refractivity contribution in [2.24, 2.45) is 50.2 Å². The molecule has 66 heavy (non-hydrogen) atoms. The lowest BCUT2D eigenvalue weighted by molar-refractivity contribution is -0.352. The fourth-order valence-corrected chi connectivity index (χ4v) is 15.0. The second kappa shape index (κ2) is 17.8. The van der Waals surface area contributed by atoms with Crippen LogP contribution in [0.4, 0.5) is 0 Å². The molecule has 1 amide bonds. The molecule has 3 heterocycles. The number of ether oxygens (including phenoxy) is 6. The summed E-state index contributed by atoms with van der Waals surface area (Å²) in [6, 6.07) is -1.17. The number of hydrogen-bond donors (Lipinski definition) is 10. The molecule has 0 aromatic carbocycles. The molecule has 0 radical (unpaired) electrons. The van der Waals surface area contributed by atoms with Gasteiger partial charge in [0.25, 0.3) is 0 Å². The monoisotopic (exact) mass is 940 g/mol. The summed E-state index contributed by atoms with van der Waals surface area (Å²) in [5.41, 5.74) is -1.25. The van der Waals surface area contributed by atoms with Crippen LogP contribution in [0.2, 0.25) is 0 Å². The number of carboxylic acid groups (broad SMARTS) is 1. The van der Waals surface area contributed by atoms with E-state index in [2.05, 4.69) is 59.9 Å². The Morgan fingerprint density at radius 1 is 0.742 bits per heavy atom. The summed E-state index contributed by atoms with van der Waals surface area (Å²) in [6.07, 6.45) is -10.5. The second-order valence-corrected chi connectivity index (χ2v) is 23.5.